The van der Waals surface area contributed by atoms with Gasteiger partial charge >= 0.3 is 5.97 Å². The van der Waals surface area contributed by atoms with Crippen LogP contribution in [0.3, 0.4) is 0 Å². The molecule has 0 spiro atoms. The summed E-state index contributed by atoms with van der Waals surface area (Å²) >= 11 is 0. The summed E-state index contributed by atoms with van der Waals surface area (Å²) in [4.78, 5) is 13.0. The highest BCUT2D eigenvalue weighted by Gasteiger charge is 2.31. The van der Waals surface area contributed by atoms with Crippen molar-refractivity contribution in [2.24, 2.45) is 0 Å². The summed E-state index contributed by atoms with van der Waals surface area (Å²) in [5.74, 6) is -0.826. The molecule has 0 aliphatic rings. The number of benzene rings is 1. The zero-order valence-corrected chi connectivity index (χ0v) is 11.9. The van der Waals surface area contributed by atoms with Gasteiger partial charge in [0.2, 0.25) is 0 Å². The molecule has 2 aromatic rings. The van der Waals surface area contributed by atoms with E-state index < -0.39 is 11.5 Å². The normalized spacial score (nSPS) is 11.8. The van der Waals surface area contributed by atoms with Crippen molar-refractivity contribution in [2.75, 3.05) is 7.05 Å². The van der Waals surface area contributed by atoms with Gasteiger partial charge in [0, 0.05) is 18.9 Å². The van der Waals surface area contributed by atoms with Gasteiger partial charge in [0.1, 0.15) is 5.54 Å². The van der Waals surface area contributed by atoms with Crippen LogP contribution in [-0.2, 0) is 11.3 Å². The van der Waals surface area contributed by atoms with Crippen molar-refractivity contribution in [3.05, 3.63) is 48.3 Å². The van der Waals surface area contributed by atoms with Crippen LogP contribution in [0, 0.1) is 0 Å². The molecule has 5 heteroatoms. The van der Waals surface area contributed by atoms with Crippen molar-refractivity contribution >= 4 is 5.97 Å². The van der Waals surface area contributed by atoms with Gasteiger partial charge in [-0.25, -0.2) is 4.68 Å². The van der Waals surface area contributed by atoms with Gasteiger partial charge in [0.25, 0.3) is 0 Å². The first-order chi connectivity index (χ1) is 9.41. The van der Waals surface area contributed by atoms with Crippen LogP contribution in [0.2, 0.25) is 0 Å². The maximum Gasteiger partial charge on any atom is 0.323 e. The quantitative estimate of drug-likeness (QED) is 0.907. The zero-order chi connectivity index (χ0) is 14.8. The molecular weight excluding hydrogens is 254 g/mol. The molecule has 5 nitrogen and oxygen atoms in total. The Labute approximate surface area is 118 Å². The predicted octanol–water partition coefficient (Wildman–Crippen LogP) is 2.17. The molecule has 0 fully saturated rings. The third kappa shape index (κ3) is 2.88. The molecule has 1 N–H and O–H groups in total. The van der Waals surface area contributed by atoms with Gasteiger partial charge in [-0.15, -0.1) is 0 Å². The second-order valence-corrected chi connectivity index (χ2v) is 5.34. The second kappa shape index (κ2) is 5.46. The van der Waals surface area contributed by atoms with E-state index in [9.17, 15) is 9.90 Å². The van der Waals surface area contributed by atoms with Gasteiger partial charge < -0.3 is 5.11 Å². The molecule has 0 aliphatic carbocycles. The second-order valence-electron chi connectivity index (χ2n) is 5.34. The molecule has 0 radical (unpaired) electrons. The van der Waals surface area contributed by atoms with E-state index in [4.69, 9.17) is 0 Å². The summed E-state index contributed by atoms with van der Waals surface area (Å²) in [5.41, 5.74) is 1.16. The first-order valence-corrected chi connectivity index (χ1v) is 6.45. The molecule has 0 unspecified atom stereocenters. The van der Waals surface area contributed by atoms with Gasteiger partial charge in [-0.3, -0.25) is 9.69 Å². The van der Waals surface area contributed by atoms with E-state index in [0.717, 1.165) is 11.3 Å². The standard InChI is InChI=1S/C15H19N3O2/c1-15(2,14(19)20)17(3)11-12-5-7-13(8-6-12)18-10-4-9-16-18/h4-10H,11H2,1-3H3,(H,19,20). The van der Waals surface area contributed by atoms with Gasteiger partial charge in [0.05, 0.1) is 5.69 Å². The van der Waals surface area contributed by atoms with Crippen LogP contribution in [0.15, 0.2) is 42.7 Å². The molecule has 0 atom stereocenters. The van der Waals surface area contributed by atoms with Crippen molar-refractivity contribution in [3.8, 4) is 5.69 Å². The van der Waals surface area contributed by atoms with Crippen LogP contribution in [0.25, 0.3) is 5.69 Å². The number of aliphatic carboxylic acids is 1. The van der Waals surface area contributed by atoms with Crippen molar-refractivity contribution in [3.63, 3.8) is 0 Å². The van der Waals surface area contributed by atoms with Gasteiger partial charge in [-0.2, -0.15) is 5.10 Å². The number of aromatic nitrogens is 2. The lowest BCUT2D eigenvalue weighted by molar-refractivity contribution is -0.148. The highest BCUT2D eigenvalue weighted by atomic mass is 16.4. The summed E-state index contributed by atoms with van der Waals surface area (Å²) < 4.78 is 1.79. The minimum Gasteiger partial charge on any atom is -0.480 e. The molecule has 0 saturated heterocycles. The third-order valence-electron chi connectivity index (χ3n) is 3.60. The summed E-state index contributed by atoms with van der Waals surface area (Å²) in [5, 5.41) is 13.4. The topological polar surface area (TPSA) is 58.4 Å². The average molecular weight is 273 g/mol. The lowest BCUT2D eigenvalue weighted by Gasteiger charge is -2.31. The minimum atomic E-state index is -0.888. The van der Waals surface area contributed by atoms with Crippen molar-refractivity contribution in [1.29, 1.82) is 0 Å². The molecule has 1 aromatic carbocycles. The fraction of sp³-hybridized carbons (Fsp3) is 0.333. The average Bonchev–Trinajstić information content (AvgIpc) is 2.93. The molecule has 20 heavy (non-hydrogen) atoms. The van der Waals surface area contributed by atoms with Crippen LogP contribution in [-0.4, -0.2) is 38.3 Å². The summed E-state index contributed by atoms with van der Waals surface area (Å²) in [6, 6.07) is 9.81. The molecule has 2 rings (SSSR count). The Morgan fingerprint density at radius 2 is 2.00 bits per heavy atom. The van der Waals surface area contributed by atoms with Crippen LogP contribution >= 0.6 is 0 Å². The van der Waals surface area contributed by atoms with E-state index in [1.807, 2.05) is 48.5 Å². The minimum absolute atomic E-state index is 0.582. The Bertz CT molecular complexity index is 574. The molecule has 1 aromatic heterocycles. The maximum atomic E-state index is 11.2. The molecule has 0 saturated carbocycles. The van der Waals surface area contributed by atoms with Gasteiger partial charge in [0.15, 0.2) is 0 Å². The van der Waals surface area contributed by atoms with Crippen LogP contribution in [0.1, 0.15) is 19.4 Å². The van der Waals surface area contributed by atoms with Crippen molar-refractivity contribution < 1.29 is 9.90 Å². The van der Waals surface area contributed by atoms with Gasteiger partial charge in [-0.05, 0) is 44.7 Å². The molecular formula is C15H19N3O2. The number of hydrogen-bond donors (Lipinski definition) is 1. The van der Waals surface area contributed by atoms with Crippen LogP contribution in [0.5, 0.6) is 0 Å². The molecule has 1 heterocycles. The molecule has 106 valence electrons. The smallest absolute Gasteiger partial charge is 0.323 e. The zero-order valence-electron chi connectivity index (χ0n) is 11.9. The maximum absolute atomic E-state index is 11.2. The summed E-state index contributed by atoms with van der Waals surface area (Å²) in [7, 11) is 1.82. The molecule has 0 bridgehead atoms. The lowest BCUT2D eigenvalue weighted by Crippen LogP contribution is -2.47. The fourth-order valence-corrected chi connectivity index (χ4v) is 1.81. The molecule has 0 aliphatic heterocycles. The Morgan fingerprint density at radius 1 is 1.35 bits per heavy atom. The number of nitrogens with zero attached hydrogens (tertiary/aromatic N) is 3. The Morgan fingerprint density at radius 3 is 2.50 bits per heavy atom. The van der Waals surface area contributed by atoms with E-state index in [2.05, 4.69) is 5.10 Å². The SMILES string of the molecule is CN(Cc1ccc(-n2cccn2)cc1)C(C)(C)C(=O)O. The van der Waals surface area contributed by atoms with Gasteiger partial charge in [-0.1, -0.05) is 12.1 Å². The summed E-state index contributed by atoms with van der Waals surface area (Å²) in [6.45, 7) is 3.99. The largest absolute Gasteiger partial charge is 0.480 e. The fourth-order valence-electron chi connectivity index (χ4n) is 1.81. The predicted molar refractivity (Wildman–Crippen MR) is 76.7 cm³/mol. The van der Waals surface area contributed by atoms with E-state index in [1.54, 1.807) is 24.7 Å². The monoisotopic (exact) mass is 273 g/mol. The first kappa shape index (κ1) is 14.3. The highest BCUT2D eigenvalue weighted by molar-refractivity contribution is 5.77. The number of carbonyl (C=O) groups is 1. The van der Waals surface area contributed by atoms with Crippen LogP contribution < -0.4 is 0 Å². The summed E-state index contributed by atoms with van der Waals surface area (Å²) in [6.07, 6.45) is 3.62. The van der Waals surface area contributed by atoms with Crippen LogP contribution in [0.4, 0.5) is 0 Å². The van der Waals surface area contributed by atoms with Crippen molar-refractivity contribution in [2.45, 2.75) is 25.9 Å². The Hall–Kier alpha value is -2.14. The lowest BCUT2D eigenvalue weighted by atomic mass is 10.0. The Balaban J connectivity index is 2.10. The van der Waals surface area contributed by atoms with E-state index in [1.165, 1.54) is 0 Å². The number of carboxylic acids is 1. The number of rotatable bonds is 5. The van der Waals surface area contributed by atoms with E-state index in [0.29, 0.717) is 6.54 Å². The highest BCUT2D eigenvalue weighted by Crippen LogP contribution is 2.17. The third-order valence-corrected chi connectivity index (χ3v) is 3.60. The van der Waals surface area contributed by atoms with E-state index >= 15 is 0 Å². The number of carboxylic acid groups (broad SMARTS) is 1. The molecule has 0 amide bonds. The van der Waals surface area contributed by atoms with E-state index in [-0.39, 0.29) is 0 Å². The number of hydrogen-bond acceptors (Lipinski definition) is 3. The number of likely N-dealkylation sites (N-methyl/N-ethyl adjacent to an activating group) is 1. The Kier molecular flexibility index (Phi) is 3.90. The first-order valence-electron chi connectivity index (χ1n) is 6.45. The van der Waals surface area contributed by atoms with Crippen molar-refractivity contribution in [1.82, 2.24) is 14.7 Å².